The summed E-state index contributed by atoms with van der Waals surface area (Å²) >= 11 is 0. The molecule has 0 saturated carbocycles. The molecular formula is C16H19N3O. The number of hydrogen-bond acceptors (Lipinski definition) is 4. The minimum atomic E-state index is 0.104. The minimum absolute atomic E-state index is 0.104. The maximum atomic E-state index is 5.96. The minimum Gasteiger partial charge on any atom is -0.373 e. The molecule has 0 fully saturated rings. The van der Waals surface area contributed by atoms with Gasteiger partial charge in [-0.3, -0.25) is 0 Å². The fraction of sp³-hybridized carbons (Fsp3) is 0.375. The summed E-state index contributed by atoms with van der Waals surface area (Å²) in [7, 11) is 1.94. The fourth-order valence-corrected chi connectivity index (χ4v) is 2.73. The zero-order valence-electron chi connectivity index (χ0n) is 11.6. The number of aromatic nitrogens is 2. The van der Waals surface area contributed by atoms with Crippen molar-refractivity contribution >= 4 is 0 Å². The van der Waals surface area contributed by atoms with Crippen LogP contribution >= 0.6 is 0 Å². The molecule has 4 nitrogen and oxygen atoms in total. The molecule has 1 aromatic heterocycles. The summed E-state index contributed by atoms with van der Waals surface area (Å²) in [5.41, 5.74) is 2.70. The number of fused-ring (bicyclic) bond motifs is 1. The largest absolute Gasteiger partial charge is 0.373 e. The highest BCUT2D eigenvalue weighted by Gasteiger charge is 2.25. The fourth-order valence-electron chi connectivity index (χ4n) is 2.73. The Labute approximate surface area is 119 Å². The van der Waals surface area contributed by atoms with Gasteiger partial charge >= 0.3 is 0 Å². The van der Waals surface area contributed by atoms with Gasteiger partial charge in [-0.05, 0) is 30.7 Å². The van der Waals surface area contributed by atoms with E-state index in [-0.39, 0.29) is 12.1 Å². The van der Waals surface area contributed by atoms with Crippen LogP contribution in [0.25, 0.3) is 0 Å². The topological polar surface area (TPSA) is 47.0 Å². The lowest BCUT2D eigenvalue weighted by molar-refractivity contribution is 0.0292. The molecular weight excluding hydrogens is 250 g/mol. The number of ether oxygens (including phenoxy) is 1. The summed E-state index contributed by atoms with van der Waals surface area (Å²) < 4.78 is 5.96. The van der Waals surface area contributed by atoms with Gasteiger partial charge < -0.3 is 10.1 Å². The zero-order chi connectivity index (χ0) is 13.8. The van der Waals surface area contributed by atoms with Gasteiger partial charge in [-0.15, -0.1) is 0 Å². The first-order chi connectivity index (χ1) is 9.88. The van der Waals surface area contributed by atoms with Crippen molar-refractivity contribution < 1.29 is 4.74 Å². The summed E-state index contributed by atoms with van der Waals surface area (Å²) in [6.45, 7) is 0.785. The molecule has 2 atom stereocenters. The van der Waals surface area contributed by atoms with Gasteiger partial charge in [0.2, 0.25) is 0 Å². The Bertz CT molecular complexity index is 559. The highest BCUT2D eigenvalue weighted by atomic mass is 16.5. The summed E-state index contributed by atoms with van der Waals surface area (Å²) in [6.07, 6.45) is 5.52. The summed E-state index contributed by atoms with van der Waals surface area (Å²) in [6, 6.07) is 10.5. The summed E-state index contributed by atoms with van der Waals surface area (Å²) in [4.78, 5) is 8.68. The Kier molecular flexibility index (Phi) is 4.04. The molecule has 1 aromatic carbocycles. The average Bonchev–Trinajstić information content (AvgIpc) is 2.53. The number of hydrogen-bond donors (Lipinski definition) is 1. The van der Waals surface area contributed by atoms with Crippen LogP contribution in [0.3, 0.4) is 0 Å². The molecule has 20 heavy (non-hydrogen) atoms. The molecule has 0 radical (unpaired) electrons. The van der Waals surface area contributed by atoms with Gasteiger partial charge in [0, 0.05) is 18.8 Å². The number of benzene rings is 1. The van der Waals surface area contributed by atoms with Crippen molar-refractivity contribution in [2.24, 2.45) is 0 Å². The summed E-state index contributed by atoms with van der Waals surface area (Å²) in [5, 5.41) is 3.29. The third kappa shape index (κ3) is 2.71. The lowest BCUT2D eigenvalue weighted by atomic mass is 9.93. The Morgan fingerprint density at radius 3 is 2.85 bits per heavy atom. The average molecular weight is 269 g/mol. The van der Waals surface area contributed by atoms with Gasteiger partial charge in [0.1, 0.15) is 5.82 Å². The molecule has 1 aliphatic heterocycles. The summed E-state index contributed by atoms with van der Waals surface area (Å²) in [5.74, 6) is 0.821. The van der Waals surface area contributed by atoms with E-state index in [2.05, 4.69) is 39.6 Å². The first-order valence-electron chi connectivity index (χ1n) is 7.02. The van der Waals surface area contributed by atoms with Crippen LogP contribution in [0, 0.1) is 0 Å². The van der Waals surface area contributed by atoms with E-state index in [1.807, 2.05) is 13.1 Å². The van der Waals surface area contributed by atoms with Gasteiger partial charge in [0.25, 0.3) is 0 Å². The first-order valence-corrected chi connectivity index (χ1v) is 7.02. The standard InChI is InChI=1S/C16H19N3O/c1-17-14(16-18-8-4-9-19-16)11-15-13-6-3-2-5-12(13)7-10-20-15/h2-6,8-9,14-15,17H,7,10-11H2,1H3. The Morgan fingerprint density at radius 2 is 2.05 bits per heavy atom. The number of nitrogens with one attached hydrogen (secondary N) is 1. The van der Waals surface area contributed by atoms with Crippen LogP contribution < -0.4 is 5.32 Å². The first kappa shape index (κ1) is 13.2. The highest BCUT2D eigenvalue weighted by Crippen LogP contribution is 2.33. The molecule has 4 heteroatoms. The van der Waals surface area contributed by atoms with Crippen molar-refractivity contribution in [3.05, 3.63) is 59.7 Å². The van der Waals surface area contributed by atoms with Crippen molar-refractivity contribution in [3.63, 3.8) is 0 Å². The van der Waals surface area contributed by atoms with Gasteiger partial charge in [-0.2, -0.15) is 0 Å². The van der Waals surface area contributed by atoms with Crippen LogP contribution in [0.5, 0.6) is 0 Å². The molecule has 0 bridgehead atoms. The number of nitrogens with zero attached hydrogens (tertiary/aromatic N) is 2. The SMILES string of the molecule is CNC(CC1OCCc2ccccc21)c1ncccn1. The van der Waals surface area contributed by atoms with Gasteiger partial charge in [0.05, 0.1) is 18.8 Å². The monoisotopic (exact) mass is 269 g/mol. The quantitative estimate of drug-likeness (QED) is 0.926. The van der Waals surface area contributed by atoms with E-state index >= 15 is 0 Å². The third-order valence-electron chi connectivity index (χ3n) is 3.79. The molecule has 0 saturated heterocycles. The van der Waals surface area contributed by atoms with Crippen LogP contribution in [0.1, 0.15) is 35.5 Å². The van der Waals surface area contributed by atoms with Gasteiger partial charge in [-0.1, -0.05) is 24.3 Å². The third-order valence-corrected chi connectivity index (χ3v) is 3.79. The molecule has 0 aliphatic carbocycles. The van der Waals surface area contributed by atoms with E-state index in [0.717, 1.165) is 25.3 Å². The molecule has 0 amide bonds. The van der Waals surface area contributed by atoms with E-state index in [4.69, 9.17) is 4.74 Å². The zero-order valence-corrected chi connectivity index (χ0v) is 11.6. The molecule has 1 N–H and O–H groups in total. The van der Waals surface area contributed by atoms with Crippen molar-refractivity contribution in [2.75, 3.05) is 13.7 Å². The Hall–Kier alpha value is -1.78. The highest BCUT2D eigenvalue weighted by molar-refractivity contribution is 5.31. The van der Waals surface area contributed by atoms with E-state index in [1.54, 1.807) is 12.4 Å². The van der Waals surface area contributed by atoms with Crippen molar-refractivity contribution in [2.45, 2.75) is 25.0 Å². The van der Waals surface area contributed by atoms with Crippen molar-refractivity contribution in [1.29, 1.82) is 0 Å². The molecule has 2 unspecified atom stereocenters. The molecule has 1 aliphatic rings. The molecule has 2 heterocycles. The molecule has 104 valence electrons. The second-order valence-electron chi connectivity index (χ2n) is 4.99. The van der Waals surface area contributed by atoms with Crippen LogP contribution in [0.15, 0.2) is 42.7 Å². The van der Waals surface area contributed by atoms with Gasteiger partial charge in [0.15, 0.2) is 0 Å². The van der Waals surface area contributed by atoms with E-state index in [9.17, 15) is 0 Å². The number of rotatable bonds is 4. The Morgan fingerprint density at radius 1 is 1.25 bits per heavy atom. The Balaban J connectivity index is 1.81. The maximum Gasteiger partial charge on any atom is 0.145 e. The van der Waals surface area contributed by atoms with Gasteiger partial charge in [-0.25, -0.2) is 9.97 Å². The van der Waals surface area contributed by atoms with Crippen LogP contribution in [0.2, 0.25) is 0 Å². The van der Waals surface area contributed by atoms with E-state index in [1.165, 1.54) is 11.1 Å². The smallest absolute Gasteiger partial charge is 0.145 e. The van der Waals surface area contributed by atoms with E-state index < -0.39 is 0 Å². The van der Waals surface area contributed by atoms with E-state index in [0.29, 0.717) is 0 Å². The van der Waals surface area contributed by atoms with Crippen LogP contribution in [0.4, 0.5) is 0 Å². The van der Waals surface area contributed by atoms with Crippen LogP contribution in [-0.2, 0) is 11.2 Å². The predicted molar refractivity (Wildman–Crippen MR) is 77.3 cm³/mol. The maximum absolute atomic E-state index is 5.96. The van der Waals surface area contributed by atoms with Crippen molar-refractivity contribution in [3.8, 4) is 0 Å². The molecule has 0 spiro atoms. The lowest BCUT2D eigenvalue weighted by Gasteiger charge is -2.28. The predicted octanol–water partition coefficient (Wildman–Crippen LogP) is 2.44. The second kappa shape index (κ2) is 6.11. The molecule has 2 aromatic rings. The van der Waals surface area contributed by atoms with Crippen molar-refractivity contribution in [1.82, 2.24) is 15.3 Å². The normalized spacial score (nSPS) is 19.4. The second-order valence-corrected chi connectivity index (χ2v) is 4.99. The molecule has 3 rings (SSSR count). The lowest BCUT2D eigenvalue weighted by Crippen LogP contribution is -2.25. The van der Waals surface area contributed by atoms with Crippen LogP contribution in [-0.4, -0.2) is 23.6 Å².